The lowest BCUT2D eigenvalue weighted by Gasteiger charge is -2.22. The summed E-state index contributed by atoms with van der Waals surface area (Å²) in [5.41, 5.74) is 0.515. The van der Waals surface area contributed by atoms with Gasteiger partial charge in [-0.05, 0) is 42.8 Å². The Balaban J connectivity index is 1.73. The Morgan fingerprint density at radius 1 is 1.21 bits per heavy atom. The summed E-state index contributed by atoms with van der Waals surface area (Å²) in [5, 5.41) is 20.1. The van der Waals surface area contributed by atoms with Crippen molar-refractivity contribution in [3.63, 3.8) is 0 Å². The Hall–Kier alpha value is -4.33. The Morgan fingerprint density at radius 3 is 2.59 bits per heavy atom. The van der Waals surface area contributed by atoms with Crippen molar-refractivity contribution >= 4 is 47.0 Å². The van der Waals surface area contributed by atoms with Crippen molar-refractivity contribution < 1.29 is 42.2 Å². The number of carbonyl (C=O) groups excluding carboxylic acids is 3. The van der Waals surface area contributed by atoms with E-state index in [1.165, 1.54) is 25.1 Å². The molecule has 0 unspecified atom stereocenters. The van der Waals surface area contributed by atoms with Crippen LogP contribution in [0.3, 0.4) is 0 Å². The quantitative estimate of drug-likeness (QED) is 0.228. The number of guanidine groups is 1. The van der Waals surface area contributed by atoms with Gasteiger partial charge in [-0.25, -0.2) is 4.79 Å². The van der Waals surface area contributed by atoms with E-state index in [0.717, 1.165) is 6.07 Å². The van der Waals surface area contributed by atoms with Gasteiger partial charge >= 0.3 is 18.1 Å². The number of nitrogens with zero attached hydrogens (tertiary/aromatic N) is 1. The average Bonchev–Trinajstić information content (AvgIpc) is 3.35. The summed E-state index contributed by atoms with van der Waals surface area (Å²) in [4.78, 5) is 52.4. The van der Waals surface area contributed by atoms with Gasteiger partial charge in [0.15, 0.2) is 5.96 Å². The van der Waals surface area contributed by atoms with Crippen LogP contribution in [0.5, 0.6) is 5.75 Å². The van der Waals surface area contributed by atoms with Crippen LogP contribution in [-0.2, 0) is 14.4 Å². The maximum Gasteiger partial charge on any atom is 0.491 e. The Labute approximate surface area is 224 Å². The van der Waals surface area contributed by atoms with Crippen LogP contribution < -0.4 is 26.0 Å². The van der Waals surface area contributed by atoms with Gasteiger partial charge in [-0.3, -0.25) is 19.4 Å². The first kappa shape index (κ1) is 29.2. The molecule has 11 nitrogen and oxygen atoms in total. The highest BCUT2D eigenvalue weighted by Gasteiger charge is 2.42. The third-order valence-electron chi connectivity index (χ3n) is 5.25. The number of carboxylic acids is 1. The highest BCUT2D eigenvalue weighted by Crippen LogP contribution is 2.35. The number of esters is 1. The second-order valence-electron chi connectivity index (χ2n) is 8.29. The lowest BCUT2D eigenvalue weighted by Crippen LogP contribution is -2.39. The van der Waals surface area contributed by atoms with E-state index in [0.29, 0.717) is 24.7 Å². The smallest absolute Gasteiger partial charge is 0.481 e. The molecule has 15 heteroatoms. The third-order valence-corrected chi connectivity index (χ3v) is 5.47. The fraction of sp³-hybridized carbons (Fsp3) is 0.292. The van der Waals surface area contributed by atoms with Crippen molar-refractivity contribution in [1.82, 2.24) is 16.0 Å². The molecule has 3 rings (SSSR count). The molecular weight excluding hydrogens is 547 g/mol. The maximum atomic E-state index is 12.8. The van der Waals surface area contributed by atoms with Crippen LogP contribution in [0.25, 0.3) is 0 Å². The molecule has 0 bridgehead atoms. The van der Waals surface area contributed by atoms with Gasteiger partial charge in [-0.15, -0.1) is 0 Å². The van der Waals surface area contributed by atoms with E-state index in [2.05, 4.69) is 31.0 Å². The summed E-state index contributed by atoms with van der Waals surface area (Å²) >= 11 is 6.01. The number of nitrogens with one attached hydrogen (secondary N) is 4. The summed E-state index contributed by atoms with van der Waals surface area (Å²) in [7, 11) is 0. The number of halogens is 4. The molecule has 208 valence electrons. The minimum Gasteiger partial charge on any atom is -0.481 e. The molecule has 5 N–H and O–H groups in total. The molecule has 1 heterocycles. The van der Waals surface area contributed by atoms with Gasteiger partial charge < -0.3 is 31.1 Å². The van der Waals surface area contributed by atoms with E-state index in [1.807, 2.05) is 0 Å². The van der Waals surface area contributed by atoms with Gasteiger partial charge in [0.2, 0.25) is 5.91 Å². The number of ether oxygens (including phenoxy) is 1. The number of hydrogen-bond acceptors (Lipinski definition) is 8. The number of anilines is 1. The number of alkyl halides is 3. The average molecular weight is 570 g/mol. The first-order valence-corrected chi connectivity index (χ1v) is 11.7. The number of benzene rings is 2. The van der Waals surface area contributed by atoms with Crippen LogP contribution in [0, 0.1) is 6.92 Å². The predicted octanol–water partition coefficient (Wildman–Crippen LogP) is 2.55. The van der Waals surface area contributed by atoms with Crippen molar-refractivity contribution in [3.8, 4) is 5.75 Å². The number of carbonyl (C=O) groups is 4. The molecule has 2 amide bonds. The highest BCUT2D eigenvalue weighted by atomic mass is 35.5. The topological polar surface area (TPSA) is 158 Å². The largest absolute Gasteiger partial charge is 0.491 e. The maximum absolute atomic E-state index is 12.8. The number of hydrogen-bond donors (Lipinski definition) is 5. The number of aryl methyl sites for hydroxylation is 1. The Bertz CT molecular complexity index is 1320. The van der Waals surface area contributed by atoms with E-state index in [9.17, 15) is 37.5 Å². The number of carboxylic acid groups (broad SMARTS) is 1. The number of aliphatic imine (C=N–C) groups is 1. The molecule has 0 saturated carbocycles. The number of amides is 2. The summed E-state index contributed by atoms with van der Waals surface area (Å²) in [6.45, 7) is 1.99. The van der Waals surface area contributed by atoms with Crippen molar-refractivity contribution in [2.75, 3.05) is 25.0 Å². The second-order valence-corrected chi connectivity index (χ2v) is 8.73. The monoisotopic (exact) mass is 569 g/mol. The van der Waals surface area contributed by atoms with E-state index < -0.39 is 54.7 Å². The van der Waals surface area contributed by atoms with Gasteiger partial charge in [0, 0.05) is 28.4 Å². The first-order chi connectivity index (χ1) is 18.3. The van der Waals surface area contributed by atoms with Gasteiger partial charge in [0.1, 0.15) is 5.75 Å². The fourth-order valence-corrected chi connectivity index (χ4v) is 3.86. The van der Waals surface area contributed by atoms with Crippen LogP contribution in [0.1, 0.15) is 33.9 Å². The Kier molecular flexibility index (Phi) is 9.35. The van der Waals surface area contributed by atoms with Crippen molar-refractivity contribution in [3.05, 3.63) is 58.1 Å². The zero-order chi connectivity index (χ0) is 28.7. The molecule has 0 fully saturated rings. The zero-order valence-electron chi connectivity index (χ0n) is 20.3. The van der Waals surface area contributed by atoms with Crippen LogP contribution in [0.4, 0.5) is 18.9 Å². The first-order valence-electron chi connectivity index (χ1n) is 11.4. The molecule has 0 spiro atoms. The Morgan fingerprint density at radius 2 is 1.95 bits per heavy atom. The SMILES string of the molecule is Cc1cc(Cl)cc([C@@H](CC(=O)O)NC(=O)CNC(=O)c2cccc(NC3=NCCN3)c2)c1OC(=O)C(F)(F)F. The summed E-state index contributed by atoms with van der Waals surface area (Å²) in [5.74, 6) is -5.48. The lowest BCUT2D eigenvalue weighted by atomic mass is 9.99. The number of rotatable bonds is 9. The van der Waals surface area contributed by atoms with Gasteiger partial charge in [0.25, 0.3) is 5.91 Å². The summed E-state index contributed by atoms with van der Waals surface area (Å²) < 4.78 is 43.0. The van der Waals surface area contributed by atoms with Crippen molar-refractivity contribution in [1.29, 1.82) is 0 Å². The summed E-state index contributed by atoms with van der Waals surface area (Å²) in [6.07, 6.45) is -6.12. The molecule has 1 aliphatic heterocycles. The molecule has 0 saturated heterocycles. The van der Waals surface area contributed by atoms with E-state index in [4.69, 9.17) is 11.6 Å². The molecule has 39 heavy (non-hydrogen) atoms. The van der Waals surface area contributed by atoms with Gasteiger partial charge in [-0.2, -0.15) is 13.2 Å². The molecule has 0 aliphatic carbocycles. The molecule has 1 aliphatic rings. The van der Waals surface area contributed by atoms with E-state index in [-0.39, 0.29) is 21.7 Å². The number of aliphatic carboxylic acids is 1. The summed E-state index contributed by atoms with van der Waals surface area (Å²) in [6, 6.07) is 7.20. The third kappa shape index (κ3) is 8.33. The van der Waals surface area contributed by atoms with Crippen LogP contribution in [0.2, 0.25) is 5.02 Å². The van der Waals surface area contributed by atoms with Crippen LogP contribution >= 0.6 is 11.6 Å². The zero-order valence-corrected chi connectivity index (χ0v) is 21.1. The second kappa shape index (κ2) is 12.5. The van der Waals surface area contributed by atoms with Crippen LogP contribution in [-0.4, -0.2) is 60.6 Å². The minimum atomic E-state index is -5.33. The lowest BCUT2D eigenvalue weighted by molar-refractivity contribution is -0.189. The molecule has 0 aromatic heterocycles. The van der Waals surface area contributed by atoms with Gasteiger partial charge in [-0.1, -0.05) is 17.7 Å². The van der Waals surface area contributed by atoms with Crippen molar-refractivity contribution in [2.45, 2.75) is 25.6 Å². The van der Waals surface area contributed by atoms with Gasteiger partial charge in [0.05, 0.1) is 25.6 Å². The molecular formula is C24H23ClF3N5O6. The minimum absolute atomic E-state index is 0.000277. The molecule has 2 aromatic carbocycles. The molecule has 1 atom stereocenters. The molecule has 0 radical (unpaired) electrons. The normalized spacial score (nSPS) is 13.5. The van der Waals surface area contributed by atoms with E-state index >= 15 is 0 Å². The van der Waals surface area contributed by atoms with Crippen LogP contribution in [0.15, 0.2) is 41.4 Å². The molecule has 2 aromatic rings. The van der Waals surface area contributed by atoms with E-state index in [1.54, 1.807) is 12.1 Å². The standard InChI is InChI=1S/C24H23ClF3N5O6/c1-12-7-14(25)9-16(20(12)39-22(38)24(26,27)28)17(10-19(35)36)33-18(34)11-31-21(37)13-3-2-4-15(8-13)32-23-29-5-6-30-23/h2-4,7-9,17H,5-6,10-11H2,1H3,(H,31,37)(H,33,34)(H,35,36)(H2,29,30,32)/t17-/m1/s1. The highest BCUT2D eigenvalue weighted by molar-refractivity contribution is 6.30. The fourth-order valence-electron chi connectivity index (χ4n) is 3.58. The predicted molar refractivity (Wildman–Crippen MR) is 134 cm³/mol. The van der Waals surface area contributed by atoms with Crippen molar-refractivity contribution in [2.24, 2.45) is 4.99 Å².